The van der Waals surface area contributed by atoms with Gasteiger partial charge in [-0.3, -0.25) is 4.79 Å². The molecule has 6 heteroatoms. The maximum atomic E-state index is 11.8. The molecule has 144 valence electrons. The summed E-state index contributed by atoms with van der Waals surface area (Å²) in [5, 5.41) is 6.70. The molecule has 0 radical (unpaired) electrons. The smallest absolute Gasteiger partial charge is 0.243 e. The van der Waals surface area contributed by atoms with Gasteiger partial charge in [-0.25, -0.2) is 4.99 Å². The normalized spacial score (nSPS) is 16.8. The topological polar surface area (TPSA) is 66.0 Å². The van der Waals surface area contributed by atoms with Gasteiger partial charge in [-0.05, 0) is 37.8 Å². The van der Waals surface area contributed by atoms with Gasteiger partial charge in [-0.15, -0.1) is 0 Å². The molecule has 1 amide bonds. The van der Waals surface area contributed by atoms with E-state index in [1.54, 1.807) is 19.0 Å². The van der Waals surface area contributed by atoms with Gasteiger partial charge >= 0.3 is 0 Å². The molecule has 0 aromatic heterocycles. The summed E-state index contributed by atoms with van der Waals surface area (Å²) in [5.41, 5.74) is 2.70. The molecule has 1 saturated heterocycles. The van der Waals surface area contributed by atoms with E-state index in [1.165, 1.54) is 11.1 Å². The Morgan fingerprint density at radius 2 is 1.92 bits per heavy atom. The molecule has 1 aliphatic heterocycles. The predicted octanol–water partition coefficient (Wildman–Crippen LogP) is 1.69. The number of hydrogen-bond donors (Lipinski definition) is 2. The molecular weight excluding hydrogens is 328 g/mol. The van der Waals surface area contributed by atoms with Gasteiger partial charge < -0.3 is 20.3 Å². The van der Waals surface area contributed by atoms with Gasteiger partial charge in [-0.1, -0.05) is 24.3 Å². The van der Waals surface area contributed by atoms with Gasteiger partial charge in [0.05, 0.1) is 0 Å². The highest BCUT2D eigenvalue weighted by Gasteiger charge is 2.35. The quantitative estimate of drug-likeness (QED) is 0.598. The maximum absolute atomic E-state index is 11.8. The molecule has 2 N–H and O–H groups in total. The van der Waals surface area contributed by atoms with Crippen molar-refractivity contribution in [1.29, 1.82) is 0 Å². The zero-order valence-electron chi connectivity index (χ0n) is 16.5. The van der Waals surface area contributed by atoms with E-state index in [9.17, 15) is 4.79 Å². The summed E-state index contributed by atoms with van der Waals surface area (Å²) in [4.78, 5) is 17.8. The molecule has 0 unspecified atom stereocenters. The average Bonchev–Trinajstić information content (AvgIpc) is 2.64. The van der Waals surface area contributed by atoms with Crippen LogP contribution in [0.25, 0.3) is 0 Å². The molecule has 0 aliphatic carbocycles. The van der Waals surface area contributed by atoms with Crippen molar-refractivity contribution in [2.75, 3.05) is 46.9 Å². The highest BCUT2D eigenvalue weighted by molar-refractivity contribution is 5.84. The monoisotopic (exact) mass is 360 g/mol. The first-order valence-corrected chi connectivity index (χ1v) is 9.35. The molecule has 0 spiro atoms. The van der Waals surface area contributed by atoms with Crippen molar-refractivity contribution < 1.29 is 9.53 Å². The fourth-order valence-corrected chi connectivity index (χ4v) is 3.35. The van der Waals surface area contributed by atoms with E-state index in [2.05, 4.69) is 46.8 Å². The number of carbonyl (C=O) groups excluding carboxylic acids is 1. The number of guanidine groups is 1. The summed E-state index contributed by atoms with van der Waals surface area (Å²) < 4.78 is 5.62. The largest absolute Gasteiger partial charge is 0.381 e. The lowest BCUT2D eigenvalue weighted by Crippen LogP contribution is -2.48. The van der Waals surface area contributed by atoms with Crippen LogP contribution in [0.1, 0.15) is 30.9 Å². The van der Waals surface area contributed by atoms with E-state index in [1.807, 2.05) is 6.92 Å². The molecule has 1 fully saturated rings. The lowest BCUT2D eigenvalue weighted by atomic mass is 9.72. The Morgan fingerprint density at radius 3 is 2.54 bits per heavy atom. The van der Waals surface area contributed by atoms with Crippen LogP contribution in [-0.2, 0) is 14.9 Å². The number of rotatable bonds is 6. The Hall–Kier alpha value is -2.08. The van der Waals surface area contributed by atoms with Crippen LogP contribution in [0.2, 0.25) is 0 Å². The highest BCUT2D eigenvalue weighted by Crippen LogP contribution is 2.36. The third-order valence-electron chi connectivity index (χ3n) is 4.98. The second kappa shape index (κ2) is 9.57. The standard InChI is InChI=1S/C20H32N4O2/c1-5-21-19(22-14-18(25)24(3)4)23-15-20(10-12-26-13-11-20)17-9-7-6-8-16(17)2/h6-9H,5,10-15H2,1-4H3,(H2,21,22,23). The van der Waals surface area contributed by atoms with Crippen molar-refractivity contribution in [3.05, 3.63) is 35.4 Å². The van der Waals surface area contributed by atoms with Gasteiger partial charge in [0.2, 0.25) is 5.91 Å². The fourth-order valence-electron chi connectivity index (χ4n) is 3.35. The Balaban J connectivity index is 2.15. The van der Waals surface area contributed by atoms with Gasteiger partial charge in [0.25, 0.3) is 0 Å². The summed E-state index contributed by atoms with van der Waals surface area (Å²) in [6, 6.07) is 8.58. The molecule has 0 bridgehead atoms. The highest BCUT2D eigenvalue weighted by atomic mass is 16.5. The number of aryl methyl sites for hydroxylation is 1. The minimum absolute atomic E-state index is 0.0121. The van der Waals surface area contributed by atoms with Crippen molar-refractivity contribution in [3.63, 3.8) is 0 Å². The Morgan fingerprint density at radius 1 is 1.23 bits per heavy atom. The second-order valence-electron chi connectivity index (χ2n) is 7.04. The van der Waals surface area contributed by atoms with Crippen LogP contribution in [0.4, 0.5) is 0 Å². The van der Waals surface area contributed by atoms with Crippen molar-refractivity contribution in [2.45, 2.75) is 32.1 Å². The van der Waals surface area contributed by atoms with Crippen LogP contribution in [0.3, 0.4) is 0 Å². The number of hydrogen-bond acceptors (Lipinski definition) is 3. The predicted molar refractivity (Wildman–Crippen MR) is 106 cm³/mol. The molecule has 2 rings (SSSR count). The lowest BCUT2D eigenvalue weighted by molar-refractivity contribution is -0.127. The van der Waals surface area contributed by atoms with Crippen molar-refractivity contribution in [3.8, 4) is 0 Å². The van der Waals surface area contributed by atoms with Gasteiger partial charge in [0, 0.05) is 45.8 Å². The third kappa shape index (κ3) is 5.21. The van der Waals surface area contributed by atoms with Crippen molar-refractivity contribution in [2.24, 2.45) is 4.99 Å². The van der Waals surface area contributed by atoms with Crippen LogP contribution in [0, 0.1) is 6.92 Å². The fraction of sp³-hybridized carbons (Fsp3) is 0.600. The number of amides is 1. The number of nitrogens with one attached hydrogen (secondary N) is 2. The molecule has 0 saturated carbocycles. The summed E-state index contributed by atoms with van der Waals surface area (Å²) >= 11 is 0. The van der Waals surface area contributed by atoms with Crippen LogP contribution < -0.4 is 10.6 Å². The van der Waals surface area contributed by atoms with Gasteiger partial charge in [0.15, 0.2) is 5.96 Å². The first kappa shape index (κ1) is 20.2. The number of aliphatic imine (C=N–C) groups is 1. The van der Waals surface area contributed by atoms with Gasteiger partial charge in [0.1, 0.15) is 6.54 Å². The number of nitrogens with zero attached hydrogens (tertiary/aromatic N) is 2. The van der Waals surface area contributed by atoms with E-state index in [4.69, 9.17) is 4.74 Å². The number of ether oxygens (including phenoxy) is 1. The molecule has 0 atom stereocenters. The second-order valence-corrected chi connectivity index (χ2v) is 7.04. The molecule has 26 heavy (non-hydrogen) atoms. The first-order chi connectivity index (χ1) is 12.5. The van der Waals surface area contributed by atoms with E-state index < -0.39 is 0 Å². The van der Waals surface area contributed by atoms with Crippen LogP contribution in [-0.4, -0.2) is 63.7 Å². The van der Waals surface area contributed by atoms with Crippen LogP contribution >= 0.6 is 0 Å². The van der Waals surface area contributed by atoms with E-state index in [0.717, 1.165) is 39.1 Å². The Labute approximate surface area is 157 Å². The summed E-state index contributed by atoms with van der Waals surface area (Å²) in [5.74, 6) is 0.670. The molecule has 1 aliphatic rings. The molecule has 1 aromatic rings. The summed E-state index contributed by atoms with van der Waals surface area (Å²) in [7, 11) is 3.49. The van der Waals surface area contributed by atoms with E-state index in [-0.39, 0.29) is 17.9 Å². The van der Waals surface area contributed by atoms with E-state index in [0.29, 0.717) is 5.96 Å². The molecule has 1 heterocycles. The molecule has 6 nitrogen and oxygen atoms in total. The average molecular weight is 361 g/mol. The summed E-state index contributed by atoms with van der Waals surface area (Å²) in [6.07, 6.45) is 1.95. The van der Waals surface area contributed by atoms with Crippen LogP contribution in [0.15, 0.2) is 29.3 Å². The molecular formula is C20H32N4O2. The number of benzene rings is 1. The third-order valence-corrected chi connectivity index (χ3v) is 4.98. The lowest BCUT2D eigenvalue weighted by Gasteiger charge is -2.39. The van der Waals surface area contributed by atoms with Crippen LogP contribution in [0.5, 0.6) is 0 Å². The Bertz CT molecular complexity index is 622. The van der Waals surface area contributed by atoms with Gasteiger partial charge in [-0.2, -0.15) is 0 Å². The summed E-state index contributed by atoms with van der Waals surface area (Å²) in [6.45, 7) is 7.39. The Kier molecular flexibility index (Phi) is 7.45. The number of likely N-dealkylation sites (N-methyl/N-ethyl adjacent to an activating group) is 1. The zero-order chi connectivity index (χ0) is 19.0. The number of carbonyl (C=O) groups is 1. The molecule has 1 aromatic carbocycles. The minimum Gasteiger partial charge on any atom is -0.381 e. The first-order valence-electron chi connectivity index (χ1n) is 9.35. The SMILES string of the molecule is CCNC(=NCC(=O)N(C)C)NCC1(c2ccccc2C)CCOCC1. The van der Waals surface area contributed by atoms with E-state index >= 15 is 0 Å². The van der Waals surface area contributed by atoms with Crippen molar-refractivity contribution in [1.82, 2.24) is 15.5 Å². The van der Waals surface area contributed by atoms with Crippen molar-refractivity contribution >= 4 is 11.9 Å². The maximum Gasteiger partial charge on any atom is 0.243 e. The zero-order valence-corrected chi connectivity index (χ0v) is 16.5. The minimum atomic E-state index is -0.0121.